The monoisotopic (exact) mass is 262 g/mol. The molecule has 2 heterocycles. The number of halogens is 4. The number of aryl methyl sites for hydroxylation is 1. The third-order valence-corrected chi connectivity index (χ3v) is 2.20. The van der Waals surface area contributed by atoms with Crippen LogP contribution in [0.25, 0.3) is 5.82 Å². The number of alkyl halides is 3. The van der Waals surface area contributed by atoms with Gasteiger partial charge in [-0.3, -0.25) is 4.57 Å². The summed E-state index contributed by atoms with van der Waals surface area (Å²) in [7, 11) is 0. The number of hydrogen-bond acceptors (Lipinski definition) is 3. The van der Waals surface area contributed by atoms with Gasteiger partial charge < -0.3 is 0 Å². The van der Waals surface area contributed by atoms with Crippen molar-refractivity contribution >= 4 is 11.6 Å². The Morgan fingerprint density at radius 2 is 2.00 bits per heavy atom. The Balaban J connectivity index is 2.57. The second-order valence-corrected chi connectivity index (χ2v) is 3.60. The fraction of sp³-hybridized carbons (Fsp3) is 0.222. The Bertz CT molecular complexity index is 549. The minimum atomic E-state index is -4.63. The molecule has 0 saturated heterocycles. The van der Waals surface area contributed by atoms with Crippen LogP contribution in [-0.4, -0.2) is 19.5 Å². The molecule has 8 heteroatoms. The van der Waals surface area contributed by atoms with Crippen LogP contribution in [0.15, 0.2) is 18.5 Å². The standard InChI is InChI=1S/C9H6ClF3N4/c1-5-14-2-3-17(5)7-4-6(10)15-8(16-7)9(11,12)13/h2-4H,1H3. The van der Waals surface area contributed by atoms with Gasteiger partial charge in [0.2, 0.25) is 5.82 Å². The summed E-state index contributed by atoms with van der Waals surface area (Å²) >= 11 is 5.54. The van der Waals surface area contributed by atoms with E-state index in [2.05, 4.69) is 15.0 Å². The van der Waals surface area contributed by atoms with E-state index in [1.807, 2.05) is 0 Å². The minimum Gasteiger partial charge on any atom is -0.288 e. The van der Waals surface area contributed by atoms with Gasteiger partial charge in [-0.1, -0.05) is 11.6 Å². The average Bonchev–Trinajstić information content (AvgIpc) is 2.62. The molecule has 0 aliphatic heterocycles. The van der Waals surface area contributed by atoms with Crippen LogP contribution in [0.4, 0.5) is 13.2 Å². The molecule has 0 unspecified atom stereocenters. The third-order valence-electron chi connectivity index (χ3n) is 2.01. The van der Waals surface area contributed by atoms with Gasteiger partial charge in [0.15, 0.2) is 0 Å². The summed E-state index contributed by atoms with van der Waals surface area (Å²) in [6.07, 6.45) is -1.68. The summed E-state index contributed by atoms with van der Waals surface area (Å²) in [4.78, 5) is 10.4. The van der Waals surface area contributed by atoms with Gasteiger partial charge in [-0.2, -0.15) is 13.2 Å². The van der Waals surface area contributed by atoms with E-state index >= 15 is 0 Å². The second kappa shape index (κ2) is 3.99. The van der Waals surface area contributed by atoms with Crippen molar-refractivity contribution in [1.82, 2.24) is 19.5 Å². The number of aromatic nitrogens is 4. The molecule has 90 valence electrons. The predicted molar refractivity (Wildman–Crippen MR) is 53.9 cm³/mol. The first-order chi connectivity index (χ1) is 7.88. The van der Waals surface area contributed by atoms with Crippen molar-refractivity contribution in [3.05, 3.63) is 35.3 Å². The van der Waals surface area contributed by atoms with Gasteiger partial charge in [-0.05, 0) is 6.92 Å². The SMILES string of the molecule is Cc1nccn1-c1cc(Cl)nc(C(F)(F)F)n1. The number of rotatable bonds is 1. The zero-order valence-corrected chi connectivity index (χ0v) is 9.29. The molecule has 2 aromatic rings. The molecule has 17 heavy (non-hydrogen) atoms. The van der Waals surface area contributed by atoms with Crippen molar-refractivity contribution in [1.29, 1.82) is 0 Å². The summed E-state index contributed by atoms with van der Waals surface area (Å²) in [5.41, 5.74) is 0. The lowest BCUT2D eigenvalue weighted by atomic mass is 10.5. The topological polar surface area (TPSA) is 43.6 Å². The van der Waals surface area contributed by atoms with Crippen molar-refractivity contribution < 1.29 is 13.2 Å². The highest BCUT2D eigenvalue weighted by Gasteiger charge is 2.35. The smallest absolute Gasteiger partial charge is 0.288 e. The molecule has 0 spiro atoms. The molecular weight excluding hydrogens is 257 g/mol. The molecule has 0 radical (unpaired) electrons. The first-order valence-corrected chi connectivity index (χ1v) is 4.88. The van der Waals surface area contributed by atoms with Gasteiger partial charge in [-0.25, -0.2) is 15.0 Å². The van der Waals surface area contributed by atoms with E-state index in [0.29, 0.717) is 5.82 Å². The van der Waals surface area contributed by atoms with Gasteiger partial charge in [0.05, 0.1) is 0 Å². The van der Waals surface area contributed by atoms with Crippen molar-refractivity contribution in [3.63, 3.8) is 0 Å². The van der Waals surface area contributed by atoms with E-state index in [1.54, 1.807) is 6.92 Å². The van der Waals surface area contributed by atoms with Crippen molar-refractivity contribution in [2.75, 3.05) is 0 Å². The fourth-order valence-corrected chi connectivity index (χ4v) is 1.45. The molecule has 0 N–H and O–H groups in total. The molecule has 0 fully saturated rings. The van der Waals surface area contributed by atoms with Crippen molar-refractivity contribution in [3.8, 4) is 5.82 Å². The highest BCUT2D eigenvalue weighted by molar-refractivity contribution is 6.29. The van der Waals surface area contributed by atoms with Crippen molar-refractivity contribution in [2.45, 2.75) is 13.1 Å². The van der Waals surface area contributed by atoms with Crippen LogP contribution in [0.3, 0.4) is 0 Å². The lowest BCUT2D eigenvalue weighted by Crippen LogP contribution is -2.13. The summed E-state index contributed by atoms with van der Waals surface area (Å²) in [5, 5.41) is -0.268. The van der Waals surface area contributed by atoms with Crippen LogP contribution in [-0.2, 0) is 6.18 Å². The molecular formula is C9H6ClF3N4. The van der Waals surface area contributed by atoms with E-state index in [-0.39, 0.29) is 11.0 Å². The van der Waals surface area contributed by atoms with Gasteiger partial charge in [0.25, 0.3) is 0 Å². The van der Waals surface area contributed by atoms with Crippen LogP contribution in [0.2, 0.25) is 5.15 Å². The van der Waals surface area contributed by atoms with E-state index < -0.39 is 12.0 Å². The van der Waals surface area contributed by atoms with Crippen LogP contribution >= 0.6 is 11.6 Å². The Labute approximate surface area is 99.1 Å². The lowest BCUT2D eigenvalue weighted by molar-refractivity contribution is -0.145. The molecule has 2 rings (SSSR count). The van der Waals surface area contributed by atoms with Crippen LogP contribution in [0, 0.1) is 6.92 Å². The molecule has 0 bridgehead atoms. The van der Waals surface area contributed by atoms with Crippen LogP contribution < -0.4 is 0 Å². The zero-order chi connectivity index (χ0) is 12.6. The lowest BCUT2D eigenvalue weighted by Gasteiger charge is -2.09. The maximum atomic E-state index is 12.5. The van der Waals surface area contributed by atoms with Gasteiger partial charge in [0.1, 0.15) is 16.8 Å². The normalized spacial score (nSPS) is 11.8. The molecule has 4 nitrogen and oxygen atoms in total. The van der Waals surface area contributed by atoms with E-state index in [4.69, 9.17) is 11.6 Å². The van der Waals surface area contributed by atoms with Gasteiger partial charge in [-0.15, -0.1) is 0 Å². The second-order valence-electron chi connectivity index (χ2n) is 3.21. The third kappa shape index (κ3) is 2.38. The number of imidazole rings is 1. The molecule has 0 aliphatic rings. The molecule has 0 amide bonds. The average molecular weight is 263 g/mol. The predicted octanol–water partition coefficient (Wildman–Crippen LogP) is 2.64. The summed E-state index contributed by atoms with van der Waals surface area (Å²) in [6.45, 7) is 1.64. The minimum absolute atomic E-state index is 0.0346. The molecule has 0 aromatic carbocycles. The summed E-state index contributed by atoms with van der Waals surface area (Å²) in [5.74, 6) is -0.728. The number of hydrogen-bond donors (Lipinski definition) is 0. The Hall–Kier alpha value is -1.63. The summed E-state index contributed by atoms with van der Waals surface area (Å²) < 4.78 is 38.8. The molecule has 0 saturated carbocycles. The van der Waals surface area contributed by atoms with Crippen LogP contribution in [0.5, 0.6) is 0 Å². The molecule has 0 atom stereocenters. The first-order valence-electron chi connectivity index (χ1n) is 4.50. The molecule has 2 aromatic heterocycles. The first kappa shape index (κ1) is 11.8. The highest BCUT2D eigenvalue weighted by atomic mass is 35.5. The Kier molecular flexibility index (Phi) is 2.78. The Morgan fingerprint density at radius 1 is 1.29 bits per heavy atom. The van der Waals surface area contributed by atoms with Gasteiger partial charge in [0, 0.05) is 18.5 Å². The maximum absolute atomic E-state index is 12.5. The van der Waals surface area contributed by atoms with E-state index in [9.17, 15) is 13.2 Å². The van der Waals surface area contributed by atoms with E-state index in [1.165, 1.54) is 23.0 Å². The fourth-order valence-electron chi connectivity index (χ4n) is 1.28. The summed E-state index contributed by atoms with van der Waals surface area (Å²) in [6, 6.07) is 1.24. The molecule has 0 aliphatic carbocycles. The highest BCUT2D eigenvalue weighted by Crippen LogP contribution is 2.28. The van der Waals surface area contributed by atoms with Crippen molar-refractivity contribution in [2.24, 2.45) is 0 Å². The largest absolute Gasteiger partial charge is 0.451 e. The van der Waals surface area contributed by atoms with Gasteiger partial charge >= 0.3 is 6.18 Å². The quantitative estimate of drug-likeness (QED) is 0.742. The maximum Gasteiger partial charge on any atom is 0.451 e. The van der Waals surface area contributed by atoms with Crippen LogP contribution in [0.1, 0.15) is 11.6 Å². The number of nitrogens with zero attached hydrogens (tertiary/aromatic N) is 4. The zero-order valence-electron chi connectivity index (χ0n) is 8.53. The Morgan fingerprint density at radius 3 is 2.53 bits per heavy atom. The van der Waals surface area contributed by atoms with E-state index in [0.717, 1.165) is 0 Å².